The van der Waals surface area contributed by atoms with Crippen LogP contribution in [0.25, 0.3) is 5.57 Å². The number of ether oxygens (including phenoxy) is 2. The quantitative estimate of drug-likeness (QED) is 0.467. The number of imide groups is 1. The zero-order valence-electron chi connectivity index (χ0n) is 17.9. The van der Waals surface area contributed by atoms with Gasteiger partial charge in [-0.15, -0.1) is 0 Å². The van der Waals surface area contributed by atoms with Crippen LogP contribution in [-0.4, -0.2) is 50.1 Å². The van der Waals surface area contributed by atoms with Crippen molar-refractivity contribution in [2.24, 2.45) is 0 Å². The van der Waals surface area contributed by atoms with Crippen molar-refractivity contribution >= 4 is 23.1 Å². The molecule has 2 aromatic carbocycles. The molecule has 6 nitrogen and oxygen atoms in total. The summed E-state index contributed by atoms with van der Waals surface area (Å²) in [7, 11) is 3.41. The predicted octanol–water partition coefficient (Wildman–Crippen LogP) is 3.73. The number of likely N-dealkylation sites (N-methyl/N-ethyl adjacent to an activating group) is 1. The average Bonchev–Trinajstić information content (AvgIpc) is 2.99. The van der Waals surface area contributed by atoms with E-state index in [-0.39, 0.29) is 17.9 Å². The molecule has 0 aromatic heterocycles. The summed E-state index contributed by atoms with van der Waals surface area (Å²) in [5, 5.41) is 0. The van der Waals surface area contributed by atoms with Crippen molar-refractivity contribution in [1.29, 1.82) is 0 Å². The molecule has 2 aromatic rings. The number of carbonyl (C=O) groups is 2. The van der Waals surface area contributed by atoms with E-state index < -0.39 is 0 Å². The standard InChI is InChI=1S/C24H28N2O4/c1-17(2)30-20-13-11-18(12-14-20)21-22(25(3)19-9-6-5-7-10-19)24(28)26(23(21)27)15-8-16-29-4/h5-7,9-14,17H,8,15-16H2,1-4H3. The summed E-state index contributed by atoms with van der Waals surface area (Å²) in [6.45, 7) is 4.72. The highest BCUT2D eigenvalue weighted by atomic mass is 16.5. The number of benzene rings is 2. The Bertz CT molecular complexity index is 920. The Kier molecular flexibility index (Phi) is 6.90. The highest BCUT2D eigenvalue weighted by Crippen LogP contribution is 2.34. The van der Waals surface area contributed by atoms with Gasteiger partial charge in [0.1, 0.15) is 11.4 Å². The van der Waals surface area contributed by atoms with Gasteiger partial charge in [0.15, 0.2) is 0 Å². The van der Waals surface area contributed by atoms with Gasteiger partial charge in [-0.05, 0) is 50.1 Å². The van der Waals surface area contributed by atoms with Crippen LogP contribution in [-0.2, 0) is 14.3 Å². The second kappa shape index (κ2) is 9.59. The summed E-state index contributed by atoms with van der Waals surface area (Å²) in [6.07, 6.45) is 0.644. The fourth-order valence-electron chi connectivity index (χ4n) is 3.46. The largest absolute Gasteiger partial charge is 0.491 e. The lowest BCUT2D eigenvalue weighted by Gasteiger charge is -2.21. The van der Waals surface area contributed by atoms with Crippen LogP contribution in [0.5, 0.6) is 5.75 Å². The Balaban J connectivity index is 2.01. The molecular formula is C24H28N2O4. The fourth-order valence-corrected chi connectivity index (χ4v) is 3.46. The highest BCUT2D eigenvalue weighted by molar-refractivity contribution is 6.36. The molecule has 3 rings (SSSR count). The first-order chi connectivity index (χ1) is 14.4. The van der Waals surface area contributed by atoms with Crippen LogP contribution < -0.4 is 9.64 Å². The van der Waals surface area contributed by atoms with Crippen LogP contribution in [0.15, 0.2) is 60.3 Å². The van der Waals surface area contributed by atoms with Crippen molar-refractivity contribution in [3.8, 4) is 5.75 Å². The molecule has 158 valence electrons. The Hall–Kier alpha value is -3.12. The minimum Gasteiger partial charge on any atom is -0.491 e. The molecule has 0 fully saturated rings. The van der Waals surface area contributed by atoms with E-state index in [2.05, 4.69) is 0 Å². The van der Waals surface area contributed by atoms with Crippen LogP contribution in [0.1, 0.15) is 25.8 Å². The number of rotatable bonds is 9. The summed E-state index contributed by atoms with van der Waals surface area (Å²) < 4.78 is 10.8. The zero-order valence-corrected chi connectivity index (χ0v) is 17.9. The SMILES string of the molecule is COCCCN1C(=O)C(c2ccc(OC(C)C)cc2)=C(N(C)c2ccccc2)C1=O. The minimum atomic E-state index is -0.292. The molecule has 0 atom stereocenters. The van der Waals surface area contributed by atoms with Crippen molar-refractivity contribution in [3.05, 3.63) is 65.9 Å². The Morgan fingerprint density at radius 2 is 1.63 bits per heavy atom. The maximum absolute atomic E-state index is 13.3. The second-order valence-electron chi connectivity index (χ2n) is 7.42. The summed E-state index contributed by atoms with van der Waals surface area (Å²) in [4.78, 5) is 29.6. The van der Waals surface area contributed by atoms with E-state index in [0.29, 0.717) is 36.4 Å². The van der Waals surface area contributed by atoms with Gasteiger partial charge < -0.3 is 14.4 Å². The Labute approximate surface area is 177 Å². The van der Waals surface area contributed by atoms with E-state index in [1.807, 2.05) is 75.5 Å². The van der Waals surface area contributed by atoms with Crippen molar-refractivity contribution in [2.75, 3.05) is 32.2 Å². The third-order valence-electron chi connectivity index (χ3n) is 4.87. The van der Waals surface area contributed by atoms with Crippen LogP contribution in [0.3, 0.4) is 0 Å². The summed E-state index contributed by atoms with van der Waals surface area (Å²) in [6, 6.07) is 16.9. The Morgan fingerprint density at radius 1 is 0.967 bits per heavy atom. The number of amides is 2. The molecule has 1 heterocycles. The number of hydrogen-bond donors (Lipinski definition) is 0. The van der Waals surface area contributed by atoms with Gasteiger partial charge in [-0.3, -0.25) is 14.5 Å². The van der Waals surface area contributed by atoms with Gasteiger partial charge in [-0.1, -0.05) is 30.3 Å². The molecule has 2 amide bonds. The molecule has 1 aliphatic rings. The van der Waals surface area contributed by atoms with Crippen molar-refractivity contribution in [3.63, 3.8) is 0 Å². The van der Waals surface area contributed by atoms with E-state index in [1.54, 1.807) is 12.0 Å². The molecule has 0 aliphatic carbocycles. The molecule has 0 bridgehead atoms. The van der Waals surface area contributed by atoms with Crippen LogP contribution in [0.2, 0.25) is 0 Å². The second-order valence-corrected chi connectivity index (χ2v) is 7.42. The van der Waals surface area contributed by atoms with Gasteiger partial charge in [0.05, 0.1) is 11.7 Å². The normalized spacial score (nSPS) is 14.1. The molecule has 0 N–H and O–H groups in total. The maximum Gasteiger partial charge on any atom is 0.278 e. The Morgan fingerprint density at radius 3 is 2.23 bits per heavy atom. The maximum atomic E-state index is 13.3. The number of hydrogen-bond acceptors (Lipinski definition) is 5. The minimum absolute atomic E-state index is 0.0563. The molecule has 0 unspecified atom stereocenters. The molecule has 0 radical (unpaired) electrons. The first-order valence-corrected chi connectivity index (χ1v) is 10.1. The molecule has 0 saturated heterocycles. The van der Waals surface area contributed by atoms with E-state index in [1.165, 1.54) is 4.90 Å². The van der Waals surface area contributed by atoms with E-state index >= 15 is 0 Å². The van der Waals surface area contributed by atoms with Gasteiger partial charge >= 0.3 is 0 Å². The zero-order chi connectivity index (χ0) is 21.7. The molecular weight excluding hydrogens is 380 g/mol. The lowest BCUT2D eigenvalue weighted by molar-refractivity contribution is -0.137. The molecule has 0 saturated carbocycles. The topological polar surface area (TPSA) is 59.1 Å². The number of anilines is 1. The summed E-state index contributed by atoms with van der Waals surface area (Å²) in [5.41, 5.74) is 2.31. The monoisotopic (exact) mass is 408 g/mol. The van der Waals surface area contributed by atoms with Gasteiger partial charge in [0.25, 0.3) is 11.8 Å². The van der Waals surface area contributed by atoms with E-state index in [0.717, 1.165) is 11.4 Å². The van der Waals surface area contributed by atoms with E-state index in [9.17, 15) is 9.59 Å². The number of methoxy groups -OCH3 is 1. The third-order valence-corrected chi connectivity index (χ3v) is 4.87. The number of carbonyl (C=O) groups excluding carboxylic acids is 2. The first kappa shape index (κ1) is 21.6. The predicted molar refractivity (Wildman–Crippen MR) is 117 cm³/mol. The molecule has 0 spiro atoms. The van der Waals surface area contributed by atoms with Crippen LogP contribution in [0.4, 0.5) is 5.69 Å². The van der Waals surface area contributed by atoms with Gasteiger partial charge in [0.2, 0.25) is 0 Å². The average molecular weight is 408 g/mol. The van der Waals surface area contributed by atoms with Crippen molar-refractivity contribution in [2.45, 2.75) is 26.4 Å². The number of nitrogens with zero attached hydrogens (tertiary/aromatic N) is 2. The number of para-hydroxylation sites is 1. The highest BCUT2D eigenvalue weighted by Gasteiger charge is 2.40. The first-order valence-electron chi connectivity index (χ1n) is 10.1. The van der Waals surface area contributed by atoms with Crippen molar-refractivity contribution < 1.29 is 19.1 Å². The van der Waals surface area contributed by atoms with Gasteiger partial charge in [-0.2, -0.15) is 0 Å². The van der Waals surface area contributed by atoms with Gasteiger partial charge in [0, 0.05) is 33.0 Å². The lowest BCUT2D eigenvalue weighted by atomic mass is 10.0. The molecule has 1 aliphatic heterocycles. The fraction of sp³-hybridized carbons (Fsp3) is 0.333. The smallest absolute Gasteiger partial charge is 0.278 e. The van der Waals surface area contributed by atoms with Crippen LogP contribution in [0, 0.1) is 0 Å². The van der Waals surface area contributed by atoms with Crippen molar-refractivity contribution in [1.82, 2.24) is 4.90 Å². The third kappa shape index (κ3) is 4.54. The van der Waals surface area contributed by atoms with E-state index in [4.69, 9.17) is 9.47 Å². The molecule has 30 heavy (non-hydrogen) atoms. The van der Waals surface area contributed by atoms with Crippen LogP contribution >= 0.6 is 0 Å². The summed E-state index contributed by atoms with van der Waals surface area (Å²) >= 11 is 0. The summed E-state index contributed by atoms with van der Waals surface area (Å²) in [5.74, 6) is 0.146. The lowest BCUT2D eigenvalue weighted by Crippen LogP contribution is -2.35. The van der Waals surface area contributed by atoms with Gasteiger partial charge in [-0.25, -0.2) is 0 Å². The molecule has 6 heteroatoms.